The van der Waals surface area contributed by atoms with Crippen LogP contribution in [0.1, 0.15) is 18.5 Å². The molecule has 1 amide bonds. The third-order valence-electron chi connectivity index (χ3n) is 4.33. The summed E-state index contributed by atoms with van der Waals surface area (Å²) in [5.41, 5.74) is 1.08. The third-order valence-corrected chi connectivity index (χ3v) is 5.07. The maximum absolute atomic E-state index is 12.6. The summed E-state index contributed by atoms with van der Waals surface area (Å²) in [6, 6.07) is 11.6. The van der Waals surface area contributed by atoms with Crippen molar-refractivity contribution in [2.75, 3.05) is 11.9 Å². The van der Waals surface area contributed by atoms with Gasteiger partial charge in [0.1, 0.15) is 0 Å². The number of rotatable bonds is 5. The number of pyridine rings is 1. The summed E-state index contributed by atoms with van der Waals surface area (Å²) in [7, 11) is 0. The van der Waals surface area contributed by atoms with Crippen LogP contribution >= 0.6 is 23.2 Å². The first kappa shape index (κ1) is 19.4. The van der Waals surface area contributed by atoms with Crippen LogP contribution in [-0.2, 0) is 11.2 Å². The van der Waals surface area contributed by atoms with Crippen molar-refractivity contribution >= 4 is 45.6 Å². The van der Waals surface area contributed by atoms with Gasteiger partial charge in [0.25, 0.3) is 5.56 Å². The Morgan fingerprint density at radius 2 is 1.93 bits per heavy atom. The highest BCUT2D eigenvalue weighted by Crippen LogP contribution is 2.24. The van der Waals surface area contributed by atoms with Gasteiger partial charge in [-0.25, -0.2) is 0 Å². The minimum atomic E-state index is -0.324. The number of hydrogen-bond donors (Lipinski definition) is 2. The number of benzene rings is 2. The average molecular weight is 405 g/mol. The van der Waals surface area contributed by atoms with Crippen LogP contribution in [0.25, 0.3) is 10.8 Å². The molecule has 1 aromatic heterocycles. The summed E-state index contributed by atoms with van der Waals surface area (Å²) in [5, 5.41) is 14.1. The highest BCUT2D eigenvalue weighted by atomic mass is 35.5. The van der Waals surface area contributed by atoms with Gasteiger partial charge in [-0.2, -0.15) is 0 Å². The lowest BCUT2D eigenvalue weighted by Crippen LogP contribution is -2.25. The van der Waals surface area contributed by atoms with Crippen LogP contribution in [0.3, 0.4) is 0 Å². The van der Waals surface area contributed by atoms with Crippen LogP contribution in [0.2, 0.25) is 10.0 Å². The first-order valence-corrected chi connectivity index (χ1v) is 9.15. The lowest BCUT2D eigenvalue weighted by molar-refractivity contribution is -0.115. The van der Waals surface area contributed by atoms with Crippen molar-refractivity contribution in [3.63, 3.8) is 0 Å². The summed E-state index contributed by atoms with van der Waals surface area (Å²) in [5.74, 6) is -0.228. The molecule has 1 atom stereocenters. The molecule has 27 heavy (non-hydrogen) atoms. The minimum absolute atomic E-state index is 0.131. The Morgan fingerprint density at radius 3 is 2.63 bits per heavy atom. The molecular weight excluding hydrogens is 387 g/mol. The number of amides is 1. The highest BCUT2D eigenvalue weighted by Gasteiger charge is 2.12. The number of nitrogens with zero attached hydrogens (tertiary/aromatic N) is 1. The van der Waals surface area contributed by atoms with E-state index in [2.05, 4.69) is 5.32 Å². The molecular formula is C20H18Cl2N2O3. The minimum Gasteiger partial charge on any atom is -0.394 e. The monoisotopic (exact) mass is 404 g/mol. The summed E-state index contributed by atoms with van der Waals surface area (Å²) in [4.78, 5) is 25.1. The zero-order chi connectivity index (χ0) is 19.6. The van der Waals surface area contributed by atoms with Crippen LogP contribution in [0.5, 0.6) is 0 Å². The molecule has 2 aromatic carbocycles. The molecule has 0 bridgehead atoms. The Bertz CT molecular complexity index is 1060. The Labute approximate surface area is 166 Å². The van der Waals surface area contributed by atoms with Crippen LogP contribution in [0.15, 0.2) is 53.5 Å². The highest BCUT2D eigenvalue weighted by molar-refractivity contribution is 6.42. The van der Waals surface area contributed by atoms with Gasteiger partial charge in [-0.15, -0.1) is 0 Å². The van der Waals surface area contributed by atoms with Crippen molar-refractivity contribution in [2.45, 2.75) is 19.4 Å². The first-order chi connectivity index (χ1) is 12.9. The second-order valence-electron chi connectivity index (χ2n) is 6.30. The Kier molecular flexibility index (Phi) is 5.85. The van der Waals surface area contributed by atoms with E-state index in [9.17, 15) is 14.7 Å². The number of hydrogen-bond acceptors (Lipinski definition) is 3. The molecule has 0 radical (unpaired) electrons. The predicted octanol–water partition coefficient (Wildman–Crippen LogP) is 4.04. The Hall–Kier alpha value is -2.34. The molecule has 3 rings (SSSR count). The predicted molar refractivity (Wildman–Crippen MR) is 109 cm³/mol. The fraction of sp³-hybridized carbons (Fsp3) is 0.200. The molecule has 0 spiro atoms. The van der Waals surface area contributed by atoms with E-state index in [0.717, 1.165) is 5.56 Å². The van der Waals surface area contributed by atoms with Crippen LogP contribution < -0.4 is 10.9 Å². The number of nitrogens with one attached hydrogen (secondary N) is 1. The summed E-state index contributed by atoms with van der Waals surface area (Å²) in [6.45, 7) is 1.63. The first-order valence-electron chi connectivity index (χ1n) is 8.39. The van der Waals surface area contributed by atoms with Gasteiger partial charge in [-0.3, -0.25) is 9.59 Å². The number of halogens is 2. The molecule has 0 aliphatic rings. The van der Waals surface area contributed by atoms with Crippen molar-refractivity contribution in [2.24, 2.45) is 0 Å². The molecule has 0 fully saturated rings. The SMILES string of the molecule is C[C@@H](CO)n1ccc2c(NC(=O)Cc3ccc(Cl)c(Cl)c3)cccc2c1=O. The molecule has 140 valence electrons. The molecule has 0 aliphatic carbocycles. The van der Waals surface area contributed by atoms with E-state index < -0.39 is 0 Å². The van der Waals surface area contributed by atoms with E-state index in [0.29, 0.717) is 26.5 Å². The van der Waals surface area contributed by atoms with Gasteiger partial charge in [0.15, 0.2) is 0 Å². The maximum atomic E-state index is 12.6. The van der Waals surface area contributed by atoms with Gasteiger partial charge >= 0.3 is 0 Å². The average Bonchev–Trinajstić information content (AvgIpc) is 2.65. The van der Waals surface area contributed by atoms with E-state index in [4.69, 9.17) is 23.2 Å². The number of fused-ring (bicyclic) bond motifs is 1. The zero-order valence-corrected chi connectivity index (χ0v) is 16.1. The van der Waals surface area contributed by atoms with E-state index in [1.165, 1.54) is 4.57 Å². The van der Waals surface area contributed by atoms with Crippen molar-refractivity contribution in [1.29, 1.82) is 0 Å². The van der Waals surface area contributed by atoms with Gasteiger partial charge in [0, 0.05) is 22.7 Å². The van der Waals surface area contributed by atoms with E-state index in [1.807, 2.05) is 0 Å². The van der Waals surface area contributed by atoms with E-state index >= 15 is 0 Å². The van der Waals surface area contributed by atoms with Crippen molar-refractivity contribution in [3.8, 4) is 0 Å². The van der Waals surface area contributed by atoms with Crippen LogP contribution in [0.4, 0.5) is 5.69 Å². The zero-order valence-electron chi connectivity index (χ0n) is 14.6. The Balaban J connectivity index is 1.88. The van der Waals surface area contributed by atoms with E-state index in [-0.39, 0.29) is 30.5 Å². The molecule has 3 aromatic rings. The van der Waals surface area contributed by atoms with Gasteiger partial charge in [-0.05, 0) is 42.8 Å². The van der Waals surface area contributed by atoms with Gasteiger partial charge in [0.05, 0.1) is 29.1 Å². The van der Waals surface area contributed by atoms with E-state index in [1.54, 1.807) is 55.6 Å². The van der Waals surface area contributed by atoms with Crippen molar-refractivity contribution in [1.82, 2.24) is 4.57 Å². The summed E-state index contributed by atoms with van der Waals surface area (Å²) < 4.78 is 1.48. The summed E-state index contributed by atoms with van der Waals surface area (Å²) >= 11 is 11.9. The number of anilines is 1. The van der Waals surface area contributed by atoms with Crippen LogP contribution in [0, 0.1) is 0 Å². The molecule has 0 unspecified atom stereocenters. The fourth-order valence-electron chi connectivity index (χ4n) is 2.87. The number of aromatic nitrogens is 1. The fourth-order valence-corrected chi connectivity index (χ4v) is 3.19. The van der Waals surface area contributed by atoms with Crippen molar-refractivity contribution < 1.29 is 9.90 Å². The maximum Gasteiger partial charge on any atom is 0.258 e. The topological polar surface area (TPSA) is 71.3 Å². The smallest absolute Gasteiger partial charge is 0.258 e. The van der Waals surface area contributed by atoms with Gasteiger partial charge in [0.2, 0.25) is 5.91 Å². The number of carbonyl (C=O) groups excluding carboxylic acids is 1. The third kappa shape index (κ3) is 4.16. The Morgan fingerprint density at radius 1 is 1.15 bits per heavy atom. The second kappa shape index (κ2) is 8.13. The van der Waals surface area contributed by atoms with Crippen molar-refractivity contribution in [3.05, 3.63) is 74.6 Å². The lowest BCUT2D eigenvalue weighted by Gasteiger charge is -2.14. The molecule has 1 heterocycles. The lowest BCUT2D eigenvalue weighted by atomic mass is 10.1. The number of aliphatic hydroxyl groups is 1. The number of aliphatic hydroxyl groups excluding tert-OH is 1. The van der Waals surface area contributed by atoms with Crippen LogP contribution in [-0.4, -0.2) is 22.2 Å². The molecule has 2 N–H and O–H groups in total. The van der Waals surface area contributed by atoms with Gasteiger partial charge < -0.3 is 15.0 Å². The number of carbonyl (C=O) groups is 1. The standard InChI is InChI=1S/C20H18Cl2N2O3/c1-12(11-25)24-8-7-14-15(20(24)27)3-2-4-18(14)23-19(26)10-13-5-6-16(21)17(22)9-13/h2-9,12,25H,10-11H2,1H3,(H,23,26)/t12-/m0/s1. The molecule has 0 aliphatic heterocycles. The summed E-state index contributed by atoms with van der Waals surface area (Å²) in [6.07, 6.45) is 1.76. The normalized spacial score (nSPS) is 12.1. The molecule has 0 saturated carbocycles. The largest absolute Gasteiger partial charge is 0.394 e. The van der Waals surface area contributed by atoms with Gasteiger partial charge in [-0.1, -0.05) is 35.3 Å². The second-order valence-corrected chi connectivity index (χ2v) is 7.11. The molecule has 0 saturated heterocycles. The quantitative estimate of drug-likeness (QED) is 0.673. The molecule has 7 heteroatoms. The molecule has 5 nitrogen and oxygen atoms in total.